The number of nitrogens with zero attached hydrogens (tertiary/aromatic N) is 1. The molecule has 1 aromatic heterocycles. The van der Waals surface area contributed by atoms with Gasteiger partial charge >= 0.3 is 0 Å². The molecule has 0 atom stereocenters. The van der Waals surface area contributed by atoms with E-state index in [1.54, 1.807) is 11.3 Å². The third-order valence-electron chi connectivity index (χ3n) is 2.63. The third kappa shape index (κ3) is 2.06. The number of halogens is 2. The Kier molecular flexibility index (Phi) is 3.13. The average molecular weight is 384 g/mol. The van der Waals surface area contributed by atoms with Crippen molar-refractivity contribution in [1.82, 2.24) is 4.98 Å². The van der Waals surface area contributed by atoms with Gasteiger partial charge < -0.3 is 5.73 Å². The average Bonchev–Trinajstić information content (AvgIpc) is 2.75. The number of hydrogen-bond donors (Lipinski definition) is 1. The topological polar surface area (TPSA) is 38.9 Å². The summed E-state index contributed by atoms with van der Waals surface area (Å²) in [6.07, 6.45) is 0. The Morgan fingerprint density at radius 3 is 2.78 bits per heavy atom. The van der Waals surface area contributed by atoms with Crippen LogP contribution in [0.4, 0.5) is 5.69 Å². The van der Waals surface area contributed by atoms with E-state index in [1.807, 2.05) is 30.3 Å². The van der Waals surface area contributed by atoms with Crippen LogP contribution in [0.15, 0.2) is 45.3 Å². The normalized spacial score (nSPS) is 11.0. The number of fused-ring (bicyclic) bond motifs is 1. The molecule has 3 rings (SSSR count). The minimum atomic E-state index is 0.732. The molecule has 5 heteroatoms. The Hall–Kier alpha value is -0.910. The fraction of sp³-hybridized carbons (Fsp3) is 0. The molecular weight excluding hydrogens is 376 g/mol. The van der Waals surface area contributed by atoms with E-state index < -0.39 is 0 Å². The number of anilines is 1. The molecule has 2 N–H and O–H groups in total. The van der Waals surface area contributed by atoms with Crippen LogP contribution in [0.5, 0.6) is 0 Å². The number of thiazole rings is 1. The SMILES string of the molecule is Nc1c(Br)cccc1-c1nc2cc(Br)ccc2s1. The predicted octanol–water partition coefficient (Wildman–Crippen LogP) is 5.07. The van der Waals surface area contributed by atoms with Gasteiger partial charge in [0, 0.05) is 14.5 Å². The van der Waals surface area contributed by atoms with E-state index in [1.165, 1.54) is 0 Å². The number of benzene rings is 2. The largest absolute Gasteiger partial charge is 0.397 e. The Balaban J connectivity index is 2.22. The highest BCUT2D eigenvalue weighted by molar-refractivity contribution is 9.10. The van der Waals surface area contributed by atoms with Gasteiger partial charge in [-0.3, -0.25) is 0 Å². The fourth-order valence-electron chi connectivity index (χ4n) is 1.74. The van der Waals surface area contributed by atoms with E-state index in [0.717, 1.165) is 35.4 Å². The summed E-state index contributed by atoms with van der Waals surface area (Å²) in [6, 6.07) is 12.0. The zero-order chi connectivity index (χ0) is 12.7. The number of hydrogen-bond acceptors (Lipinski definition) is 3. The summed E-state index contributed by atoms with van der Waals surface area (Å²) in [4.78, 5) is 4.63. The second-order valence-electron chi connectivity index (χ2n) is 3.83. The number of nitrogens with two attached hydrogens (primary N) is 1. The summed E-state index contributed by atoms with van der Waals surface area (Å²) in [5.74, 6) is 0. The first-order valence-corrected chi connectivity index (χ1v) is 7.66. The highest BCUT2D eigenvalue weighted by Gasteiger charge is 2.10. The van der Waals surface area contributed by atoms with Gasteiger partial charge in [-0.15, -0.1) is 11.3 Å². The van der Waals surface area contributed by atoms with Gasteiger partial charge in [0.1, 0.15) is 5.01 Å². The smallest absolute Gasteiger partial charge is 0.126 e. The van der Waals surface area contributed by atoms with E-state index in [0.29, 0.717) is 0 Å². The van der Waals surface area contributed by atoms with Gasteiger partial charge in [0.05, 0.1) is 15.9 Å². The lowest BCUT2D eigenvalue weighted by Gasteiger charge is -2.03. The minimum Gasteiger partial charge on any atom is -0.397 e. The van der Waals surface area contributed by atoms with Gasteiger partial charge in [0.15, 0.2) is 0 Å². The van der Waals surface area contributed by atoms with Crippen molar-refractivity contribution in [3.05, 3.63) is 45.3 Å². The Morgan fingerprint density at radius 1 is 1.11 bits per heavy atom. The Morgan fingerprint density at radius 2 is 1.94 bits per heavy atom. The molecule has 0 saturated heterocycles. The first-order chi connectivity index (χ1) is 8.65. The molecule has 0 unspecified atom stereocenters. The number of aromatic nitrogens is 1. The maximum atomic E-state index is 6.08. The lowest BCUT2D eigenvalue weighted by atomic mass is 10.2. The summed E-state index contributed by atoms with van der Waals surface area (Å²) >= 11 is 8.55. The van der Waals surface area contributed by atoms with Crippen molar-refractivity contribution in [2.75, 3.05) is 5.73 Å². The molecule has 3 aromatic rings. The van der Waals surface area contributed by atoms with Crippen molar-refractivity contribution in [1.29, 1.82) is 0 Å². The lowest BCUT2D eigenvalue weighted by Crippen LogP contribution is -1.90. The second kappa shape index (κ2) is 4.64. The summed E-state index contributed by atoms with van der Waals surface area (Å²) in [5.41, 5.74) is 8.77. The van der Waals surface area contributed by atoms with Crippen molar-refractivity contribution >= 4 is 59.1 Å². The van der Waals surface area contributed by atoms with Crippen LogP contribution < -0.4 is 5.73 Å². The lowest BCUT2D eigenvalue weighted by molar-refractivity contribution is 1.47. The Labute approximate surface area is 125 Å². The van der Waals surface area contributed by atoms with Gasteiger partial charge in [0.25, 0.3) is 0 Å². The highest BCUT2D eigenvalue weighted by atomic mass is 79.9. The van der Waals surface area contributed by atoms with Crippen LogP contribution >= 0.6 is 43.2 Å². The van der Waals surface area contributed by atoms with E-state index in [-0.39, 0.29) is 0 Å². The Bertz CT molecular complexity index is 737. The maximum absolute atomic E-state index is 6.08. The molecule has 0 aliphatic heterocycles. The van der Waals surface area contributed by atoms with Crippen molar-refractivity contribution in [2.45, 2.75) is 0 Å². The summed E-state index contributed by atoms with van der Waals surface area (Å²) in [7, 11) is 0. The molecule has 0 spiro atoms. The van der Waals surface area contributed by atoms with Gasteiger partial charge in [0.2, 0.25) is 0 Å². The summed E-state index contributed by atoms with van der Waals surface area (Å²) < 4.78 is 3.10. The molecule has 0 aliphatic rings. The molecule has 0 fully saturated rings. The van der Waals surface area contributed by atoms with Crippen molar-refractivity contribution in [2.24, 2.45) is 0 Å². The van der Waals surface area contributed by atoms with Gasteiger partial charge in [-0.1, -0.05) is 22.0 Å². The molecule has 0 saturated carbocycles. The van der Waals surface area contributed by atoms with Crippen LogP contribution in [0.1, 0.15) is 0 Å². The zero-order valence-electron chi connectivity index (χ0n) is 9.15. The van der Waals surface area contributed by atoms with Gasteiger partial charge in [-0.05, 0) is 46.3 Å². The van der Waals surface area contributed by atoms with Crippen LogP contribution in [-0.4, -0.2) is 4.98 Å². The first kappa shape index (κ1) is 12.1. The number of nitrogen functional groups attached to an aromatic ring is 1. The number of para-hydroxylation sites is 1. The van der Waals surface area contributed by atoms with E-state index in [2.05, 4.69) is 42.9 Å². The molecule has 0 radical (unpaired) electrons. The molecule has 2 nitrogen and oxygen atoms in total. The third-order valence-corrected chi connectivity index (χ3v) is 4.89. The van der Waals surface area contributed by atoms with Gasteiger partial charge in [-0.25, -0.2) is 4.98 Å². The van der Waals surface area contributed by atoms with Crippen molar-refractivity contribution < 1.29 is 0 Å². The molecule has 18 heavy (non-hydrogen) atoms. The van der Waals surface area contributed by atoms with Crippen molar-refractivity contribution in [3.63, 3.8) is 0 Å². The molecule has 0 aliphatic carbocycles. The highest BCUT2D eigenvalue weighted by Crippen LogP contribution is 2.36. The quantitative estimate of drug-likeness (QED) is 0.595. The molecule has 0 amide bonds. The molecule has 2 aromatic carbocycles. The van der Waals surface area contributed by atoms with E-state index in [9.17, 15) is 0 Å². The molecule has 0 bridgehead atoms. The van der Waals surface area contributed by atoms with Crippen LogP contribution in [0, 0.1) is 0 Å². The molecule has 90 valence electrons. The number of rotatable bonds is 1. The van der Waals surface area contributed by atoms with Crippen LogP contribution in [0.2, 0.25) is 0 Å². The van der Waals surface area contributed by atoms with Crippen molar-refractivity contribution in [3.8, 4) is 10.6 Å². The fourth-order valence-corrected chi connectivity index (χ4v) is 3.44. The van der Waals surface area contributed by atoms with E-state index >= 15 is 0 Å². The molecular formula is C13H8Br2N2S. The summed E-state index contributed by atoms with van der Waals surface area (Å²) in [6.45, 7) is 0. The summed E-state index contributed by atoms with van der Waals surface area (Å²) in [5, 5.41) is 0.946. The standard InChI is InChI=1S/C13H8Br2N2S/c14-7-4-5-11-10(6-7)17-13(18-11)8-2-1-3-9(15)12(8)16/h1-6H,16H2. The minimum absolute atomic E-state index is 0.732. The predicted molar refractivity (Wildman–Crippen MR) is 84.9 cm³/mol. The van der Waals surface area contributed by atoms with E-state index in [4.69, 9.17) is 5.73 Å². The first-order valence-electron chi connectivity index (χ1n) is 5.25. The van der Waals surface area contributed by atoms with Crippen LogP contribution in [0.3, 0.4) is 0 Å². The van der Waals surface area contributed by atoms with Crippen LogP contribution in [0.25, 0.3) is 20.8 Å². The molecule has 1 heterocycles. The zero-order valence-corrected chi connectivity index (χ0v) is 13.1. The van der Waals surface area contributed by atoms with Crippen LogP contribution in [-0.2, 0) is 0 Å². The maximum Gasteiger partial charge on any atom is 0.126 e. The van der Waals surface area contributed by atoms with Gasteiger partial charge in [-0.2, -0.15) is 0 Å². The second-order valence-corrected chi connectivity index (χ2v) is 6.63. The monoisotopic (exact) mass is 382 g/mol.